The molecule has 0 aromatic rings. The van der Waals surface area contributed by atoms with E-state index in [0.29, 0.717) is 0 Å². The zero-order chi connectivity index (χ0) is 16.0. The lowest BCUT2D eigenvalue weighted by atomic mass is 9.94. The van der Waals surface area contributed by atoms with Gasteiger partial charge < -0.3 is 20.3 Å². The van der Waals surface area contributed by atoms with E-state index >= 15 is 0 Å². The number of rotatable bonds is 10. The first-order valence-corrected chi connectivity index (χ1v) is 8.99. The fourth-order valence-electron chi connectivity index (χ4n) is 2.98. The van der Waals surface area contributed by atoms with Crippen LogP contribution < -0.4 is 10.6 Å². The lowest BCUT2D eigenvalue weighted by molar-refractivity contribution is 0.190. The van der Waals surface area contributed by atoms with Crippen LogP contribution in [0, 0.1) is 0 Å². The van der Waals surface area contributed by atoms with E-state index < -0.39 is 0 Å². The maximum absolute atomic E-state index is 5.05. The number of nitrogens with one attached hydrogen (secondary N) is 2. The van der Waals surface area contributed by atoms with Crippen LogP contribution in [0.25, 0.3) is 0 Å². The Bertz CT molecular complexity index is 290. The van der Waals surface area contributed by atoms with E-state index in [-0.39, 0.29) is 0 Å². The van der Waals surface area contributed by atoms with Crippen molar-refractivity contribution < 1.29 is 4.74 Å². The molecule has 0 bridgehead atoms. The average Bonchev–Trinajstić information content (AvgIpc) is 2.56. The first kappa shape index (κ1) is 19.2. The van der Waals surface area contributed by atoms with Crippen molar-refractivity contribution >= 4 is 5.96 Å². The summed E-state index contributed by atoms with van der Waals surface area (Å²) in [4.78, 5) is 7.10. The van der Waals surface area contributed by atoms with Crippen LogP contribution in [-0.2, 0) is 4.74 Å². The molecule has 0 amide bonds. The fraction of sp³-hybridized carbons (Fsp3) is 0.941. The third-order valence-electron chi connectivity index (χ3n) is 4.30. The molecule has 1 saturated carbocycles. The average molecular weight is 313 g/mol. The Hall–Kier alpha value is -0.810. The van der Waals surface area contributed by atoms with Gasteiger partial charge in [0.15, 0.2) is 5.96 Å². The van der Waals surface area contributed by atoms with Crippen LogP contribution in [0.3, 0.4) is 0 Å². The predicted molar refractivity (Wildman–Crippen MR) is 94.6 cm³/mol. The molecule has 0 heterocycles. The monoisotopic (exact) mass is 312 g/mol. The molecular weight excluding hydrogens is 276 g/mol. The van der Waals surface area contributed by atoms with Crippen LogP contribution in [0.5, 0.6) is 0 Å². The topological polar surface area (TPSA) is 48.9 Å². The van der Waals surface area contributed by atoms with Crippen molar-refractivity contribution in [2.24, 2.45) is 4.99 Å². The summed E-state index contributed by atoms with van der Waals surface area (Å²) in [5.41, 5.74) is 0. The summed E-state index contributed by atoms with van der Waals surface area (Å²) in [6, 6.07) is 0.810. The fourth-order valence-corrected chi connectivity index (χ4v) is 2.98. The lowest BCUT2D eigenvalue weighted by Gasteiger charge is -2.31. The normalized spacial score (nSPS) is 17.0. The highest BCUT2D eigenvalue weighted by atomic mass is 16.5. The van der Waals surface area contributed by atoms with E-state index in [1.165, 1.54) is 38.6 Å². The molecule has 0 unspecified atom stereocenters. The maximum atomic E-state index is 5.05. The highest BCUT2D eigenvalue weighted by molar-refractivity contribution is 5.79. The minimum atomic E-state index is 0.773. The van der Waals surface area contributed by atoms with Crippen LogP contribution in [0.1, 0.15) is 51.9 Å². The molecule has 130 valence electrons. The molecule has 1 fully saturated rings. The van der Waals surface area contributed by atoms with Crippen LogP contribution in [0.2, 0.25) is 0 Å². The van der Waals surface area contributed by atoms with Crippen molar-refractivity contribution in [2.75, 3.05) is 46.9 Å². The largest absolute Gasteiger partial charge is 0.385 e. The summed E-state index contributed by atoms with van der Waals surface area (Å²) in [7, 11) is 4.01. The van der Waals surface area contributed by atoms with Crippen molar-refractivity contribution in [1.29, 1.82) is 0 Å². The third-order valence-corrected chi connectivity index (χ3v) is 4.30. The zero-order valence-electron chi connectivity index (χ0n) is 14.9. The summed E-state index contributed by atoms with van der Waals surface area (Å²) < 4.78 is 5.05. The van der Waals surface area contributed by atoms with Crippen LogP contribution in [-0.4, -0.2) is 63.8 Å². The SMILES string of the molecule is CCNC(=NCCCOC)NCCCN(C)C1CCCCC1. The smallest absolute Gasteiger partial charge is 0.191 e. The molecule has 0 spiro atoms. The minimum Gasteiger partial charge on any atom is -0.385 e. The van der Waals surface area contributed by atoms with Gasteiger partial charge in [-0.15, -0.1) is 0 Å². The second kappa shape index (κ2) is 12.7. The summed E-state index contributed by atoms with van der Waals surface area (Å²) in [6.07, 6.45) is 9.14. The molecule has 0 atom stereocenters. The van der Waals surface area contributed by atoms with Gasteiger partial charge in [-0.05, 0) is 46.2 Å². The van der Waals surface area contributed by atoms with Gasteiger partial charge in [0, 0.05) is 39.4 Å². The lowest BCUT2D eigenvalue weighted by Crippen LogP contribution is -2.40. The van der Waals surface area contributed by atoms with Crippen molar-refractivity contribution in [1.82, 2.24) is 15.5 Å². The molecule has 1 aliphatic rings. The minimum absolute atomic E-state index is 0.773. The zero-order valence-corrected chi connectivity index (χ0v) is 14.9. The highest BCUT2D eigenvalue weighted by Crippen LogP contribution is 2.21. The summed E-state index contributed by atoms with van der Waals surface area (Å²) >= 11 is 0. The van der Waals surface area contributed by atoms with Gasteiger partial charge in [-0.25, -0.2) is 0 Å². The van der Waals surface area contributed by atoms with Crippen LogP contribution in [0.4, 0.5) is 0 Å². The van der Waals surface area contributed by atoms with Crippen molar-refractivity contribution in [2.45, 2.75) is 57.9 Å². The van der Waals surface area contributed by atoms with Crippen molar-refractivity contribution in [3.05, 3.63) is 0 Å². The summed E-state index contributed by atoms with van der Waals surface area (Å²) in [5, 5.41) is 6.72. The highest BCUT2D eigenvalue weighted by Gasteiger charge is 2.17. The number of hydrogen-bond donors (Lipinski definition) is 2. The Morgan fingerprint density at radius 3 is 2.64 bits per heavy atom. The second-order valence-corrected chi connectivity index (χ2v) is 6.16. The Morgan fingerprint density at radius 2 is 1.95 bits per heavy atom. The molecule has 2 N–H and O–H groups in total. The third kappa shape index (κ3) is 8.59. The van der Waals surface area contributed by atoms with Crippen LogP contribution >= 0.6 is 0 Å². The first-order valence-electron chi connectivity index (χ1n) is 8.99. The predicted octanol–water partition coefficient (Wildman–Crippen LogP) is 2.23. The second-order valence-electron chi connectivity index (χ2n) is 6.16. The van der Waals surface area contributed by atoms with Gasteiger partial charge in [0.1, 0.15) is 0 Å². The van der Waals surface area contributed by atoms with Gasteiger partial charge in [-0.1, -0.05) is 19.3 Å². The Balaban J connectivity index is 2.15. The molecule has 0 radical (unpaired) electrons. The Kier molecular flexibility index (Phi) is 11.1. The Morgan fingerprint density at radius 1 is 1.18 bits per heavy atom. The molecule has 0 saturated heterocycles. The van der Waals surface area contributed by atoms with Gasteiger partial charge in [-0.3, -0.25) is 4.99 Å². The molecule has 22 heavy (non-hydrogen) atoms. The molecular formula is C17H36N4O. The molecule has 0 aliphatic heterocycles. The molecule has 5 heteroatoms. The molecule has 1 aliphatic carbocycles. The van der Waals surface area contributed by atoms with Crippen LogP contribution in [0.15, 0.2) is 4.99 Å². The van der Waals surface area contributed by atoms with E-state index in [4.69, 9.17) is 4.74 Å². The molecule has 5 nitrogen and oxygen atoms in total. The summed E-state index contributed by atoms with van der Waals surface area (Å²) in [6.45, 7) is 6.73. The Labute approximate surface area is 136 Å². The van der Waals surface area contributed by atoms with Crippen molar-refractivity contribution in [3.63, 3.8) is 0 Å². The summed E-state index contributed by atoms with van der Waals surface area (Å²) in [5.74, 6) is 0.930. The number of nitrogens with zero attached hydrogens (tertiary/aromatic N) is 2. The van der Waals surface area contributed by atoms with E-state index in [1.807, 2.05) is 0 Å². The number of ether oxygens (including phenoxy) is 1. The first-order chi connectivity index (χ1) is 10.8. The molecule has 1 rings (SSSR count). The van der Waals surface area contributed by atoms with E-state index in [9.17, 15) is 0 Å². The van der Waals surface area contributed by atoms with Gasteiger partial charge in [0.05, 0.1) is 0 Å². The number of guanidine groups is 1. The van der Waals surface area contributed by atoms with E-state index in [2.05, 4.69) is 34.5 Å². The maximum Gasteiger partial charge on any atom is 0.191 e. The van der Waals surface area contributed by atoms with Gasteiger partial charge in [-0.2, -0.15) is 0 Å². The molecule has 0 aromatic carbocycles. The quantitative estimate of drug-likeness (QED) is 0.369. The van der Waals surface area contributed by atoms with Crippen molar-refractivity contribution in [3.8, 4) is 0 Å². The van der Waals surface area contributed by atoms with Gasteiger partial charge in [0.2, 0.25) is 0 Å². The van der Waals surface area contributed by atoms with Gasteiger partial charge in [0.25, 0.3) is 0 Å². The standard InChI is InChI=1S/C17H36N4O/c1-4-18-17(20-13-9-15-22-3)19-12-8-14-21(2)16-10-6-5-7-11-16/h16H,4-15H2,1-3H3,(H2,18,19,20). The number of methoxy groups -OCH3 is 1. The van der Waals surface area contributed by atoms with Gasteiger partial charge >= 0.3 is 0 Å². The van der Waals surface area contributed by atoms with E-state index in [1.54, 1.807) is 7.11 Å². The number of hydrogen-bond acceptors (Lipinski definition) is 3. The molecule has 0 aromatic heterocycles. The number of aliphatic imine (C=N–C) groups is 1. The van der Waals surface area contributed by atoms with E-state index in [0.717, 1.165) is 51.1 Å².